The van der Waals surface area contributed by atoms with E-state index in [4.69, 9.17) is 0 Å². The fraction of sp³-hybridized carbons (Fsp3) is 0.421. The van der Waals surface area contributed by atoms with Crippen molar-refractivity contribution >= 4 is 0 Å². The van der Waals surface area contributed by atoms with Gasteiger partial charge in [-0.25, -0.2) is 0 Å². The summed E-state index contributed by atoms with van der Waals surface area (Å²) in [5.41, 5.74) is 1.83. The molecular weight excluding hydrogens is 288 g/mol. The van der Waals surface area contributed by atoms with Gasteiger partial charge in [-0.1, -0.05) is 36.8 Å². The molecule has 4 nitrogen and oxygen atoms in total. The summed E-state index contributed by atoms with van der Waals surface area (Å²) in [7, 11) is 0. The molecule has 0 spiro atoms. The van der Waals surface area contributed by atoms with Gasteiger partial charge in [0.2, 0.25) is 5.43 Å². The van der Waals surface area contributed by atoms with Crippen molar-refractivity contribution in [3.63, 3.8) is 0 Å². The van der Waals surface area contributed by atoms with Crippen molar-refractivity contribution in [3.05, 3.63) is 64.1 Å². The molecular formula is C19H24N2O2. The predicted molar refractivity (Wildman–Crippen MR) is 91.7 cm³/mol. The number of rotatable bonds is 4. The van der Waals surface area contributed by atoms with Crippen LogP contribution >= 0.6 is 0 Å². The van der Waals surface area contributed by atoms with Crippen molar-refractivity contribution in [1.29, 1.82) is 0 Å². The summed E-state index contributed by atoms with van der Waals surface area (Å²) in [4.78, 5) is 14.3. The van der Waals surface area contributed by atoms with E-state index in [2.05, 4.69) is 24.0 Å². The van der Waals surface area contributed by atoms with Gasteiger partial charge in [-0.15, -0.1) is 0 Å². The van der Waals surface area contributed by atoms with Crippen LogP contribution in [0.2, 0.25) is 0 Å². The second-order valence-corrected chi connectivity index (χ2v) is 6.35. The number of aromatic nitrogens is 1. The molecule has 0 radical (unpaired) electrons. The topological polar surface area (TPSA) is 45.5 Å². The molecule has 1 saturated heterocycles. The Morgan fingerprint density at radius 1 is 1.13 bits per heavy atom. The maximum atomic E-state index is 11.9. The van der Waals surface area contributed by atoms with Gasteiger partial charge < -0.3 is 9.67 Å². The Morgan fingerprint density at radius 3 is 2.52 bits per heavy atom. The number of aromatic hydroxyl groups is 1. The molecule has 0 bridgehead atoms. The molecule has 0 saturated carbocycles. The molecule has 0 aliphatic carbocycles. The highest BCUT2D eigenvalue weighted by Gasteiger charge is 2.17. The lowest BCUT2D eigenvalue weighted by Gasteiger charge is -2.29. The van der Waals surface area contributed by atoms with Crippen LogP contribution in [0.15, 0.2) is 47.4 Å². The van der Waals surface area contributed by atoms with E-state index in [1.165, 1.54) is 19.3 Å². The highest BCUT2D eigenvalue weighted by molar-refractivity contribution is 5.26. The number of likely N-dealkylation sites (tertiary alicyclic amines) is 1. The van der Waals surface area contributed by atoms with Crippen LogP contribution in [0.4, 0.5) is 0 Å². The third kappa shape index (κ3) is 3.64. The second kappa shape index (κ2) is 7.01. The zero-order valence-electron chi connectivity index (χ0n) is 13.6. The van der Waals surface area contributed by atoms with Crippen LogP contribution in [-0.2, 0) is 6.54 Å². The summed E-state index contributed by atoms with van der Waals surface area (Å²) in [5, 5.41) is 9.88. The van der Waals surface area contributed by atoms with E-state index in [1.807, 2.05) is 22.8 Å². The minimum Gasteiger partial charge on any atom is -0.503 e. The fourth-order valence-electron chi connectivity index (χ4n) is 3.30. The summed E-state index contributed by atoms with van der Waals surface area (Å²) in [6.07, 6.45) is 5.31. The minimum atomic E-state index is -0.298. The van der Waals surface area contributed by atoms with Gasteiger partial charge >= 0.3 is 0 Å². The Labute approximate surface area is 137 Å². The Bertz CT molecular complexity index is 703. The lowest BCUT2D eigenvalue weighted by Crippen LogP contribution is -2.31. The largest absolute Gasteiger partial charge is 0.503 e. The number of hydrogen-bond donors (Lipinski definition) is 1. The van der Waals surface area contributed by atoms with E-state index in [1.54, 1.807) is 12.3 Å². The molecule has 1 fully saturated rings. The van der Waals surface area contributed by atoms with Gasteiger partial charge in [0.15, 0.2) is 5.75 Å². The van der Waals surface area contributed by atoms with Crippen LogP contribution < -0.4 is 5.43 Å². The molecule has 2 heterocycles. The van der Waals surface area contributed by atoms with Crippen molar-refractivity contribution in [1.82, 2.24) is 9.47 Å². The quantitative estimate of drug-likeness (QED) is 0.943. The Kier molecular flexibility index (Phi) is 4.82. The molecule has 0 amide bonds. The zero-order chi connectivity index (χ0) is 16.2. The first-order chi connectivity index (χ1) is 11.1. The zero-order valence-corrected chi connectivity index (χ0v) is 13.6. The van der Waals surface area contributed by atoms with E-state index in [0.717, 1.165) is 30.9 Å². The fourth-order valence-corrected chi connectivity index (χ4v) is 3.30. The van der Waals surface area contributed by atoms with Crippen molar-refractivity contribution < 1.29 is 5.11 Å². The minimum absolute atomic E-state index is 0.0718. The van der Waals surface area contributed by atoms with Gasteiger partial charge in [-0.2, -0.15) is 0 Å². The maximum absolute atomic E-state index is 11.9. The van der Waals surface area contributed by atoms with E-state index in [9.17, 15) is 9.90 Å². The summed E-state index contributed by atoms with van der Waals surface area (Å²) < 4.78 is 2.03. The Hall–Kier alpha value is -2.07. The first-order valence-corrected chi connectivity index (χ1v) is 8.36. The van der Waals surface area contributed by atoms with Crippen molar-refractivity contribution in [2.45, 2.75) is 38.8 Å². The highest BCUT2D eigenvalue weighted by atomic mass is 16.3. The third-order valence-electron chi connectivity index (χ3n) is 4.68. The van der Waals surface area contributed by atoms with Gasteiger partial charge in [-0.05, 0) is 38.4 Å². The van der Waals surface area contributed by atoms with Gasteiger partial charge in [0.25, 0.3) is 0 Å². The first kappa shape index (κ1) is 15.8. The van der Waals surface area contributed by atoms with Gasteiger partial charge in [0, 0.05) is 18.3 Å². The average molecular weight is 312 g/mol. The molecule has 1 N–H and O–H groups in total. The van der Waals surface area contributed by atoms with Crippen LogP contribution in [0.25, 0.3) is 0 Å². The monoisotopic (exact) mass is 312 g/mol. The molecule has 2 aromatic rings. The smallest absolute Gasteiger partial charge is 0.223 e. The van der Waals surface area contributed by atoms with Crippen molar-refractivity contribution in [3.8, 4) is 5.75 Å². The molecule has 1 aromatic heterocycles. The SMILES string of the molecule is CC(c1ccccc1)n1cc(O)c(=O)cc1CN1CCCCC1. The van der Waals surface area contributed by atoms with Crippen LogP contribution in [0, 0.1) is 0 Å². The number of hydrogen-bond acceptors (Lipinski definition) is 3. The number of pyridine rings is 1. The average Bonchev–Trinajstić information content (AvgIpc) is 2.59. The summed E-state index contributed by atoms with van der Waals surface area (Å²) in [6.45, 7) is 5.01. The number of benzene rings is 1. The van der Waals surface area contributed by atoms with Crippen molar-refractivity contribution in [2.24, 2.45) is 0 Å². The first-order valence-electron chi connectivity index (χ1n) is 8.36. The van der Waals surface area contributed by atoms with Crippen molar-refractivity contribution in [2.75, 3.05) is 13.1 Å². The predicted octanol–water partition coefficient (Wildman–Crippen LogP) is 3.15. The summed E-state index contributed by atoms with van der Waals surface area (Å²) >= 11 is 0. The number of piperidine rings is 1. The second-order valence-electron chi connectivity index (χ2n) is 6.35. The lowest BCUT2D eigenvalue weighted by molar-refractivity contribution is 0.214. The molecule has 4 heteroatoms. The summed E-state index contributed by atoms with van der Waals surface area (Å²) in [5.74, 6) is -0.185. The standard InChI is InChI=1S/C19H24N2O2/c1-15(16-8-4-2-5-9-16)21-14-19(23)18(22)12-17(21)13-20-10-6-3-7-11-20/h2,4-5,8-9,12,14-15,23H,3,6-7,10-11,13H2,1H3. The molecule has 1 unspecified atom stereocenters. The molecule has 1 aliphatic rings. The molecule has 1 aromatic carbocycles. The maximum Gasteiger partial charge on any atom is 0.223 e. The summed E-state index contributed by atoms with van der Waals surface area (Å²) in [6, 6.07) is 11.8. The van der Waals surface area contributed by atoms with Crippen LogP contribution in [-0.4, -0.2) is 27.7 Å². The highest BCUT2D eigenvalue weighted by Crippen LogP contribution is 2.22. The normalized spacial score (nSPS) is 17.1. The molecule has 23 heavy (non-hydrogen) atoms. The van der Waals surface area contributed by atoms with E-state index < -0.39 is 0 Å². The van der Waals surface area contributed by atoms with Crippen LogP contribution in [0.1, 0.15) is 43.5 Å². The molecule has 1 aliphatic heterocycles. The van der Waals surface area contributed by atoms with E-state index in [0.29, 0.717) is 0 Å². The number of nitrogens with zero attached hydrogens (tertiary/aromatic N) is 2. The third-order valence-corrected chi connectivity index (χ3v) is 4.68. The van der Waals surface area contributed by atoms with E-state index in [-0.39, 0.29) is 17.2 Å². The van der Waals surface area contributed by atoms with Crippen LogP contribution in [0.5, 0.6) is 5.75 Å². The molecule has 3 rings (SSSR count). The Balaban J connectivity index is 1.94. The lowest BCUT2D eigenvalue weighted by atomic mass is 10.1. The van der Waals surface area contributed by atoms with Gasteiger partial charge in [0.05, 0.1) is 12.2 Å². The molecule has 1 atom stereocenters. The molecule has 122 valence electrons. The Morgan fingerprint density at radius 2 is 1.83 bits per heavy atom. The van der Waals surface area contributed by atoms with Crippen LogP contribution in [0.3, 0.4) is 0 Å². The van der Waals surface area contributed by atoms with Gasteiger partial charge in [0.1, 0.15) is 0 Å². The van der Waals surface area contributed by atoms with Gasteiger partial charge in [-0.3, -0.25) is 9.69 Å². The van der Waals surface area contributed by atoms with E-state index >= 15 is 0 Å².